The Morgan fingerprint density at radius 1 is 1.22 bits per heavy atom. The first-order valence-electron chi connectivity index (χ1n) is 8.60. The van der Waals surface area contributed by atoms with Gasteiger partial charge in [0.15, 0.2) is 0 Å². The van der Waals surface area contributed by atoms with E-state index in [2.05, 4.69) is 13.8 Å². The zero-order chi connectivity index (χ0) is 17.2. The Morgan fingerprint density at radius 2 is 1.91 bits per heavy atom. The van der Waals surface area contributed by atoms with Crippen molar-refractivity contribution in [2.45, 2.75) is 58.3 Å². The molecule has 1 aromatic rings. The molecular weight excluding hydrogens is 299 g/mol. The van der Waals surface area contributed by atoms with Gasteiger partial charge in [-0.3, -0.25) is 4.90 Å². The normalized spacial score (nSPS) is 22.0. The maximum absolute atomic E-state index is 14.6. The number of hydrogen-bond acceptors (Lipinski definition) is 1. The van der Waals surface area contributed by atoms with Crippen LogP contribution in [0.2, 0.25) is 0 Å². The van der Waals surface area contributed by atoms with Gasteiger partial charge in [0.1, 0.15) is 5.82 Å². The smallest absolute Gasteiger partial charge is 0.267 e. The van der Waals surface area contributed by atoms with E-state index < -0.39 is 11.8 Å². The first-order chi connectivity index (χ1) is 10.7. The summed E-state index contributed by atoms with van der Waals surface area (Å²) in [5.74, 6) is -3.48. The van der Waals surface area contributed by atoms with Crippen molar-refractivity contribution in [1.82, 2.24) is 4.90 Å². The zero-order valence-corrected chi connectivity index (χ0v) is 14.6. The fourth-order valence-electron chi connectivity index (χ4n) is 3.28. The van der Waals surface area contributed by atoms with Crippen LogP contribution < -0.4 is 0 Å². The summed E-state index contributed by atoms with van der Waals surface area (Å²) in [5.41, 5.74) is 1.02. The molecule has 1 atom stereocenters. The van der Waals surface area contributed by atoms with Gasteiger partial charge in [0, 0.05) is 0 Å². The predicted octanol–water partition coefficient (Wildman–Crippen LogP) is 5.42. The minimum absolute atomic E-state index is 0.0578. The minimum atomic E-state index is -2.80. The van der Waals surface area contributed by atoms with Crippen LogP contribution in [0.25, 0.3) is 0 Å². The first-order valence-corrected chi connectivity index (χ1v) is 8.60. The topological polar surface area (TPSA) is 3.24 Å². The number of piperidine rings is 1. The standard InChI is InChI=1S/C19H28F3N/c1-13(2)7-9-23-10-8-17(19(21,22)12-23)15-5-6-16(14(3)4)18(20)11-15/h5-6,11,13-14,17H,7-10,12H2,1-4H3. The van der Waals surface area contributed by atoms with Crippen molar-refractivity contribution in [3.63, 3.8) is 0 Å². The quantitative estimate of drug-likeness (QED) is 0.698. The Labute approximate surface area is 137 Å². The summed E-state index contributed by atoms with van der Waals surface area (Å²) in [6.45, 7) is 9.15. The monoisotopic (exact) mass is 327 g/mol. The summed E-state index contributed by atoms with van der Waals surface area (Å²) in [5, 5.41) is 0. The lowest BCUT2D eigenvalue weighted by atomic mass is 9.85. The maximum Gasteiger partial charge on any atom is 0.267 e. The predicted molar refractivity (Wildman–Crippen MR) is 88.7 cm³/mol. The second-order valence-corrected chi connectivity index (χ2v) is 7.50. The number of nitrogens with zero attached hydrogens (tertiary/aromatic N) is 1. The number of likely N-dealkylation sites (tertiary alicyclic amines) is 1. The molecular formula is C19H28F3N. The van der Waals surface area contributed by atoms with Gasteiger partial charge < -0.3 is 0 Å². The van der Waals surface area contributed by atoms with E-state index in [0.717, 1.165) is 6.42 Å². The third-order valence-electron chi connectivity index (χ3n) is 4.75. The molecule has 0 spiro atoms. The highest BCUT2D eigenvalue weighted by molar-refractivity contribution is 5.30. The lowest BCUT2D eigenvalue weighted by molar-refractivity contribution is -0.0833. The molecule has 4 heteroatoms. The Balaban J connectivity index is 2.11. The molecule has 1 nitrogen and oxygen atoms in total. The van der Waals surface area contributed by atoms with Crippen LogP contribution in [0.1, 0.15) is 63.5 Å². The van der Waals surface area contributed by atoms with Gasteiger partial charge in [-0.05, 0) is 55.0 Å². The average molecular weight is 327 g/mol. The molecule has 0 aromatic heterocycles. The van der Waals surface area contributed by atoms with Crippen molar-refractivity contribution in [1.29, 1.82) is 0 Å². The molecule has 1 aromatic carbocycles. The summed E-state index contributed by atoms with van der Waals surface area (Å²) in [6, 6.07) is 4.66. The molecule has 0 saturated carbocycles. The van der Waals surface area contributed by atoms with Crippen LogP contribution in [0.4, 0.5) is 13.2 Å². The van der Waals surface area contributed by atoms with Crippen molar-refractivity contribution >= 4 is 0 Å². The summed E-state index contributed by atoms with van der Waals surface area (Å²) in [7, 11) is 0. The van der Waals surface area contributed by atoms with Crippen molar-refractivity contribution in [3.8, 4) is 0 Å². The summed E-state index contributed by atoms with van der Waals surface area (Å²) < 4.78 is 43.3. The lowest BCUT2D eigenvalue weighted by Gasteiger charge is -2.39. The van der Waals surface area contributed by atoms with Crippen LogP contribution in [0.5, 0.6) is 0 Å². The summed E-state index contributed by atoms with van der Waals surface area (Å²) in [4.78, 5) is 1.84. The molecule has 1 fully saturated rings. The Bertz CT molecular complexity index is 525. The van der Waals surface area contributed by atoms with E-state index in [9.17, 15) is 13.2 Å². The van der Waals surface area contributed by atoms with Crippen LogP contribution in [0.15, 0.2) is 18.2 Å². The van der Waals surface area contributed by atoms with Crippen LogP contribution in [-0.2, 0) is 0 Å². The van der Waals surface area contributed by atoms with Crippen molar-refractivity contribution in [3.05, 3.63) is 35.1 Å². The highest BCUT2D eigenvalue weighted by Crippen LogP contribution is 2.41. The zero-order valence-electron chi connectivity index (χ0n) is 14.6. The largest absolute Gasteiger partial charge is 0.297 e. The third-order valence-corrected chi connectivity index (χ3v) is 4.75. The Kier molecular flexibility index (Phi) is 5.77. The molecule has 0 radical (unpaired) electrons. The van der Waals surface area contributed by atoms with Gasteiger partial charge in [-0.2, -0.15) is 0 Å². The number of halogens is 3. The molecule has 1 aliphatic rings. The van der Waals surface area contributed by atoms with E-state index in [1.54, 1.807) is 12.1 Å². The fourth-order valence-corrected chi connectivity index (χ4v) is 3.28. The van der Waals surface area contributed by atoms with E-state index in [1.807, 2.05) is 18.7 Å². The number of rotatable bonds is 5. The molecule has 23 heavy (non-hydrogen) atoms. The highest BCUT2D eigenvalue weighted by Gasteiger charge is 2.45. The maximum atomic E-state index is 14.6. The number of hydrogen-bond donors (Lipinski definition) is 0. The van der Waals surface area contributed by atoms with E-state index in [-0.39, 0.29) is 18.3 Å². The summed E-state index contributed by atoms with van der Waals surface area (Å²) >= 11 is 0. The van der Waals surface area contributed by atoms with Crippen molar-refractivity contribution in [2.24, 2.45) is 5.92 Å². The molecule has 1 heterocycles. The van der Waals surface area contributed by atoms with Gasteiger partial charge in [-0.1, -0.05) is 39.8 Å². The molecule has 2 rings (SSSR count). The molecule has 0 N–H and O–H groups in total. The molecule has 0 bridgehead atoms. The first kappa shape index (κ1) is 18.3. The van der Waals surface area contributed by atoms with Gasteiger partial charge in [0.25, 0.3) is 5.92 Å². The van der Waals surface area contributed by atoms with Gasteiger partial charge in [0.2, 0.25) is 0 Å². The molecule has 0 aliphatic carbocycles. The van der Waals surface area contributed by atoms with E-state index >= 15 is 0 Å². The summed E-state index contributed by atoms with van der Waals surface area (Å²) in [6.07, 6.45) is 1.31. The van der Waals surface area contributed by atoms with Crippen LogP contribution in [0, 0.1) is 11.7 Å². The second-order valence-electron chi connectivity index (χ2n) is 7.50. The molecule has 1 unspecified atom stereocenters. The minimum Gasteiger partial charge on any atom is -0.297 e. The average Bonchev–Trinajstić information content (AvgIpc) is 2.43. The van der Waals surface area contributed by atoms with Crippen LogP contribution in [-0.4, -0.2) is 30.5 Å². The van der Waals surface area contributed by atoms with Crippen LogP contribution in [0.3, 0.4) is 0 Å². The van der Waals surface area contributed by atoms with Gasteiger partial charge in [-0.15, -0.1) is 0 Å². The SMILES string of the molecule is CC(C)CCN1CCC(c2ccc(C(C)C)c(F)c2)C(F)(F)C1. The van der Waals surface area contributed by atoms with Gasteiger partial charge >= 0.3 is 0 Å². The van der Waals surface area contributed by atoms with E-state index in [4.69, 9.17) is 0 Å². The van der Waals surface area contributed by atoms with Crippen LogP contribution >= 0.6 is 0 Å². The third kappa shape index (κ3) is 4.50. The second kappa shape index (κ2) is 7.25. The van der Waals surface area contributed by atoms with Gasteiger partial charge in [0.05, 0.1) is 12.5 Å². The molecule has 0 amide bonds. The van der Waals surface area contributed by atoms with E-state index in [1.165, 1.54) is 6.07 Å². The number of alkyl halides is 2. The Morgan fingerprint density at radius 3 is 2.43 bits per heavy atom. The highest BCUT2D eigenvalue weighted by atomic mass is 19.3. The fraction of sp³-hybridized carbons (Fsp3) is 0.684. The molecule has 1 saturated heterocycles. The van der Waals surface area contributed by atoms with Crippen molar-refractivity contribution < 1.29 is 13.2 Å². The van der Waals surface area contributed by atoms with E-state index in [0.29, 0.717) is 36.6 Å². The molecule has 130 valence electrons. The molecule has 1 aliphatic heterocycles. The Hall–Kier alpha value is -1.03. The lowest BCUT2D eigenvalue weighted by Crippen LogP contribution is -2.47. The van der Waals surface area contributed by atoms with Crippen molar-refractivity contribution in [2.75, 3.05) is 19.6 Å². The number of benzene rings is 1. The van der Waals surface area contributed by atoms with Gasteiger partial charge in [-0.25, -0.2) is 13.2 Å².